The summed E-state index contributed by atoms with van der Waals surface area (Å²) in [5.74, 6) is 0.00497. The van der Waals surface area contributed by atoms with E-state index < -0.39 is 6.04 Å². The van der Waals surface area contributed by atoms with E-state index in [2.05, 4.69) is 28.2 Å². The molecule has 0 aliphatic carbocycles. The second-order valence-electron chi connectivity index (χ2n) is 6.70. The minimum absolute atomic E-state index is 0.167. The van der Waals surface area contributed by atoms with Crippen molar-refractivity contribution >= 4 is 50.9 Å². The van der Waals surface area contributed by atoms with E-state index in [9.17, 15) is 9.59 Å². The number of likely N-dealkylation sites (N-methyl/N-ethyl adjacent to an activating group) is 1. The maximum Gasteiger partial charge on any atom is 0.261 e. The van der Waals surface area contributed by atoms with Gasteiger partial charge in [-0.15, -0.1) is 0 Å². The lowest BCUT2D eigenvalue weighted by Gasteiger charge is -2.30. The molecular weight excluding hydrogens is 491 g/mol. The molecule has 162 valence electrons. The summed E-state index contributed by atoms with van der Waals surface area (Å²) in [7, 11) is 1.55. The molecule has 5 nitrogen and oxygen atoms in total. The number of hydrogen-bond donors (Lipinski definition) is 1. The van der Waals surface area contributed by atoms with Crippen molar-refractivity contribution in [3.8, 4) is 5.75 Å². The molecule has 2 rings (SSSR count). The van der Waals surface area contributed by atoms with Crippen molar-refractivity contribution < 1.29 is 14.3 Å². The second kappa shape index (κ2) is 11.6. The predicted octanol–water partition coefficient (Wildman–Crippen LogP) is 5.25. The minimum atomic E-state index is -0.649. The number of nitrogens with one attached hydrogen (secondary N) is 1. The third-order valence-electron chi connectivity index (χ3n) is 4.74. The molecule has 0 bridgehead atoms. The van der Waals surface area contributed by atoms with E-state index in [1.165, 1.54) is 4.90 Å². The first-order valence-corrected chi connectivity index (χ1v) is 11.2. The molecule has 0 aliphatic rings. The Kier molecular flexibility index (Phi) is 9.46. The standard InChI is InChI=1S/C22H25BrCl2N2O3/c1-4-14-6-9-20(17(23)10-14)30-13-21(28)27(19(5-2)22(29)26-3)12-15-7-8-16(24)11-18(15)25/h6-11,19H,4-5,12-13H2,1-3H3,(H,26,29)/t19-/m1/s1. The maximum atomic E-state index is 13.1. The van der Waals surface area contributed by atoms with E-state index in [1.54, 1.807) is 25.2 Å². The summed E-state index contributed by atoms with van der Waals surface area (Å²) in [4.78, 5) is 27.0. The van der Waals surface area contributed by atoms with Gasteiger partial charge in [0.05, 0.1) is 4.47 Å². The highest BCUT2D eigenvalue weighted by Crippen LogP contribution is 2.27. The van der Waals surface area contributed by atoms with Crippen molar-refractivity contribution in [1.82, 2.24) is 10.2 Å². The van der Waals surface area contributed by atoms with Gasteiger partial charge in [-0.3, -0.25) is 9.59 Å². The summed E-state index contributed by atoms with van der Waals surface area (Å²) in [6, 6.07) is 10.2. The molecule has 0 aromatic heterocycles. The zero-order chi connectivity index (χ0) is 22.3. The van der Waals surface area contributed by atoms with E-state index in [0.29, 0.717) is 27.8 Å². The fourth-order valence-corrected chi connectivity index (χ4v) is 4.03. The zero-order valence-corrected chi connectivity index (χ0v) is 20.3. The molecule has 2 aromatic rings. The molecule has 2 amide bonds. The SMILES string of the molecule is CCc1ccc(OCC(=O)N(Cc2ccc(Cl)cc2Cl)[C@H](CC)C(=O)NC)c(Br)c1. The van der Waals surface area contributed by atoms with Gasteiger partial charge in [0.25, 0.3) is 5.91 Å². The highest BCUT2D eigenvalue weighted by atomic mass is 79.9. The van der Waals surface area contributed by atoms with Crippen LogP contribution in [-0.2, 0) is 22.6 Å². The maximum absolute atomic E-state index is 13.1. The Hall–Kier alpha value is -1.76. The number of carbonyl (C=O) groups is 2. The molecule has 0 radical (unpaired) electrons. The summed E-state index contributed by atoms with van der Waals surface area (Å²) in [6.07, 6.45) is 1.35. The Labute approximate surface area is 195 Å². The number of rotatable bonds is 9. The normalized spacial score (nSPS) is 11.7. The molecule has 0 fully saturated rings. The number of aryl methyl sites for hydroxylation is 1. The molecule has 0 unspecified atom stereocenters. The second-order valence-corrected chi connectivity index (χ2v) is 8.40. The topological polar surface area (TPSA) is 58.6 Å². The lowest BCUT2D eigenvalue weighted by atomic mass is 10.1. The summed E-state index contributed by atoms with van der Waals surface area (Å²) in [5.41, 5.74) is 1.86. The highest BCUT2D eigenvalue weighted by Gasteiger charge is 2.29. The van der Waals surface area contributed by atoms with E-state index in [4.69, 9.17) is 27.9 Å². The molecule has 8 heteroatoms. The van der Waals surface area contributed by atoms with Gasteiger partial charge in [0, 0.05) is 23.6 Å². The van der Waals surface area contributed by atoms with Crippen molar-refractivity contribution in [2.24, 2.45) is 0 Å². The first kappa shape index (κ1) is 24.5. The average molecular weight is 516 g/mol. The number of hydrogen-bond acceptors (Lipinski definition) is 3. The highest BCUT2D eigenvalue weighted by molar-refractivity contribution is 9.10. The Morgan fingerprint density at radius 1 is 1.17 bits per heavy atom. The molecule has 0 saturated carbocycles. The van der Waals surface area contributed by atoms with Gasteiger partial charge >= 0.3 is 0 Å². The van der Waals surface area contributed by atoms with Gasteiger partial charge < -0.3 is 15.0 Å². The largest absolute Gasteiger partial charge is 0.483 e. The van der Waals surface area contributed by atoms with Crippen molar-refractivity contribution in [2.75, 3.05) is 13.7 Å². The number of benzene rings is 2. The Bertz CT molecular complexity index is 908. The van der Waals surface area contributed by atoms with Crippen molar-refractivity contribution in [1.29, 1.82) is 0 Å². The smallest absolute Gasteiger partial charge is 0.261 e. The van der Waals surface area contributed by atoms with Crippen molar-refractivity contribution in [2.45, 2.75) is 39.3 Å². The number of carbonyl (C=O) groups excluding carboxylic acids is 2. The van der Waals surface area contributed by atoms with Crippen LogP contribution in [0.3, 0.4) is 0 Å². The van der Waals surface area contributed by atoms with Crippen LogP contribution in [0.2, 0.25) is 10.0 Å². The fourth-order valence-electron chi connectivity index (χ4n) is 3.02. The van der Waals surface area contributed by atoms with Crippen LogP contribution in [0.1, 0.15) is 31.4 Å². The minimum Gasteiger partial charge on any atom is -0.483 e. The van der Waals surface area contributed by atoms with Crippen LogP contribution in [0.4, 0.5) is 0 Å². The summed E-state index contributed by atoms with van der Waals surface area (Å²) in [6.45, 7) is 3.88. The Morgan fingerprint density at radius 3 is 2.47 bits per heavy atom. The van der Waals surface area contributed by atoms with Crippen LogP contribution in [0, 0.1) is 0 Å². The van der Waals surface area contributed by atoms with Crippen LogP contribution in [0.25, 0.3) is 0 Å². The van der Waals surface area contributed by atoms with Crippen LogP contribution in [-0.4, -0.2) is 36.4 Å². The molecule has 0 aliphatic heterocycles. The Morgan fingerprint density at radius 2 is 1.90 bits per heavy atom. The molecule has 0 spiro atoms. The average Bonchev–Trinajstić information content (AvgIpc) is 2.73. The van der Waals surface area contributed by atoms with Crippen LogP contribution < -0.4 is 10.1 Å². The van der Waals surface area contributed by atoms with E-state index in [-0.39, 0.29) is 25.0 Å². The molecule has 2 aromatic carbocycles. The molecule has 30 heavy (non-hydrogen) atoms. The predicted molar refractivity (Wildman–Crippen MR) is 124 cm³/mol. The van der Waals surface area contributed by atoms with Crippen LogP contribution >= 0.6 is 39.1 Å². The molecular formula is C22H25BrCl2N2O3. The number of halogens is 3. The number of ether oxygens (including phenoxy) is 1. The third-order valence-corrected chi connectivity index (χ3v) is 5.95. The van der Waals surface area contributed by atoms with Gasteiger partial charge in [-0.05, 0) is 64.2 Å². The quantitative estimate of drug-likeness (QED) is 0.496. The van der Waals surface area contributed by atoms with Crippen LogP contribution in [0.15, 0.2) is 40.9 Å². The first-order valence-electron chi connectivity index (χ1n) is 9.66. The zero-order valence-electron chi connectivity index (χ0n) is 17.2. The molecule has 0 heterocycles. The summed E-state index contributed by atoms with van der Waals surface area (Å²) < 4.78 is 6.53. The molecule has 0 saturated heterocycles. The lowest BCUT2D eigenvalue weighted by molar-refractivity contribution is -0.142. The monoisotopic (exact) mass is 514 g/mol. The summed E-state index contributed by atoms with van der Waals surface area (Å²) >= 11 is 15.8. The third kappa shape index (κ3) is 6.37. The van der Waals surface area contributed by atoms with E-state index in [0.717, 1.165) is 16.5 Å². The lowest BCUT2D eigenvalue weighted by Crippen LogP contribution is -2.49. The van der Waals surface area contributed by atoms with E-state index in [1.807, 2.05) is 25.1 Å². The molecule has 1 N–H and O–H groups in total. The number of nitrogens with zero attached hydrogens (tertiary/aromatic N) is 1. The Balaban J connectivity index is 2.24. The van der Waals surface area contributed by atoms with Crippen molar-refractivity contribution in [3.63, 3.8) is 0 Å². The van der Waals surface area contributed by atoms with Gasteiger partial charge in [0.2, 0.25) is 5.91 Å². The van der Waals surface area contributed by atoms with E-state index >= 15 is 0 Å². The fraction of sp³-hybridized carbons (Fsp3) is 0.364. The van der Waals surface area contributed by atoms with Gasteiger partial charge in [-0.2, -0.15) is 0 Å². The van der Waals surface area contributed by atoms with Crippen LogP contribution in [0.5, 0.6) is 5.75 Å². The van der Waals surface area contributed by atoms with Gasteiger partial charge in [0.15, 0.2) is 6.61 Å². The number of amides is 2. The first-order chi connectivity index (χ1) is 14.3. The van der Waals surface area contributed by atoms with Gasteiger partial charge in [-0.1, -0.05) is 49.2 Å². The van der Waals surface area contributed by atoms with Gasteiger partial charge in [0.1, 0.15) is 11.8 Å². The van der Waals surface area contributed by atoms with Crippen molar-refractivity contribution in [3.05, 3.63) is 62.0 Å². The molecule has 1 atom stereocenters. The summed E-state index contributed by atoms with van der Waals surface area (Å²) in [5, 5.41) is 3.56. The van der Waals surface area contributed by atoms with Gasteiger partial charge in [-0.25, -0.2) is 0 Å².